The van der Waals surface area contributed by atoms with E-state index >= 15 is 0 Å². The standard InChI is InChI=1S/C21H30N2O4/c1-3-22-19(24)14-23(4-2)20(25)15-27-21(26)18-12-10-17(11-13-18)16-8-6-5-7-9-16/h10-13,16H,3-9,14-15H2,1-2H3,(H,22,24). The van der Waals surface area contributed by atoms with Crippen LogP contribution in [0.2, 0.25) is 0 Å². The lowest BCUT2D eigenvalue weighted by Crippen LogP contribution is -2.42. The zero-order valence-corrected chi connectivity index (χ0v) is 16.3. The summed E-state index contributed by atoms with van der Waals surface area (Å²) in [4.78, 5) is 37.4. The number of carbonyl (C=O) groups is 3. The van der Waals surface area contributed by atoms with Crippen LogP contribution in [-0.4, -0.2) is 48.9 Å². The van der Waals surface area contributed by atoms with Gasteiger partial charge in [-0.1, -0.05) is 31.4 Å². The summed E-state index contributed by atoms with van der Waals surface area (Å²) in [6.45, 7) is 4.09. The molecule has 0 saturated heterocycles. The lowest BCUT2D eigenvalue weighted by atomic mass is 9.84. The second-order valence-electron chi connectivity index (χ2n) is 6.89. The molecule has 0 unspecified atom stereocenters. The van der Waals surface area contributed by atoms with Crippen LogP contribution in [-0.2, 0) is 14.3 Å². The Hall–Kier alpha value is -2.37. The average Bonchev–Trinajstić information content (AvgIpc) is 2.71. The second-order valence-corrected chi connectivity index (χ2v) is 6.89. The Morgan fingerprint density at radius 1 is 1.07 bits per heavy atom. The molecule has 1 aromatic rings. The van der Waals surface area contributed by atoms with Gasteiger partial charge in [0.1, 0.15) is 0 Å². The van der Waals surface area contributed by atoms with E-state index in [-0.39, 0.29) is 25.0 Å². The van der Waals surface area contributed by atoms with E-state index in [1.165, 1.54) is 42.6 Å². The molecule has 6 heteroatoms. The maximum absolute atomic E-state index is 12.2. The smallest absolute Gasteiger partial charge is 0.338 e. The predicted octanol–water partition coefficient (Wildman–Crippen LogP) is 2.88. The van der Waals surface area contributed by atoms with Crippen molar-refractivity contribution in [2.45, 2.75) is 51.9 Å². The van der Waals surface area contributed by atoms with E-state index < -0.39 is 5.97 Å². The molecule has 148 valence electrons. The Morgan fingerprint density at radius 3 is 2.33 bits per heavy atom. The molecule has 1 aromatic carbocycles. The first-order chi connectivity index (χ1) is 13.0. The van der Waals surface area contributed by atoms with Gasteiger partial charge in [0.25, 0.3) is 5.91 Å². The van der Waals surface area contributed by atoms with Gasteiger partial charge in [-0.2, -0.15) is 0 Å². The van der Waals surface area contributed by atoms with Gasteiger partial charge in [-0.25, -0.2) is 4.79 Å². The zero-order chi connectivity index (χ0) is 19.6. The van der Waals surface area contributed by atoms with E-state index in [9.17, 15) is 14.4 Å². The summed E-state index contributed by atoms with van der Waals surface area (Å²) in [5.74, 6) is -0.543. The Balaban J connectivity index is 1.85. The Morgan fingerprint density at radius 2 is 1.74 bits per heavy atom. The number of esters is 1. The number of amides is 2. The number of rotatable bonds is 8. The number of ether oxygens (including phenoxy) is 1. The molecule has 2 rings (SSSR count). The number of hydrogen-bond donors (Lipinski definition) is 1. The maximum atomic E-state index is 12.2. The number of benzene rings is 1. The van der Waals surface area contributed by atoms with Crippen molar-refractivity contribution in [3.63, 3.8) is 0 Å². The van der Waals surface area contributed by atoms with Crippen molar-refractivity contribution in [3.05, 3.63) is 35.4 Å². The molecule has 2 amide bonds. The van der Waals surface area contributed by atoms with Crippen molar-refractivity contribution in [1.29, 1.82) is 0 Å². The number of hydrogen-bond acceptors (Lipinski definition) is 4. The second kappa shape index (κ2) is 10.7. The third-order valence-electron chi connectivity index (χ3n) is 4.99. The highest BCUT2D eigenvalue weighted by Gasteiger charge is 2.19. The van der Waals surface area contributed by atoms with Crippen LogP contribution in [0.15, 0.2) is 24.3 Å². The molecule has 0 aliphatic heterocycles. The van der Waals surface area contributed by atoms with Crippen molar-refractivity contribution in [1.82, 2.24) is 10.2 Å². The minimum atomic E-state index is -0.521. The number of nitrogens with zero attached hydrogens (tertiary/aromatic N) is 1. The Labute approximate surface area is 161 Å². The summed E-state index contributed by atoms with van der Waals surface area (Å²) in [7, 11) is 0. The lowest BCUT2D eigenvalue weighted by molar-refractivity contribution is -0.138. The lowest BCUT2D eigenvalue weighted by Gasteiger charge is -2.22. The predicted molar refractivity (Wildman–Crippen MR) is 103 cm³/mol. The van der Waals surface area contributed by atoms with Gasteiger partial charge in [0.15, 0.2) is 6.61 Å². The molecule has 1 aliphatic rings. The molecular formula is C21H30N2O4. The Kier molecular flexibility index (Phi) is 8.30. The molecule has 1 N–H and O–H groups in total. The van der Waals surface area contributed by atoms with Gasteiger partial charge in [0, 0.05) is 13.1 Å². The van der Waals surface area contributed by atoms with E-state index in [1.807, 2.05) is 19.1 Å². The van der Waals surface area contributed by atoms with E-state index in [0.29, 0.717) is 24.6 Å². The third kappa shape index (κ3) is 6.38. The monoisotopic (exact) mass is 374 g/mol. The van der Waals surface area contributed by atoms with Crippen LogP contribution in [0.4, 0.5) is 0 Å². The van der Waals surface area contributed by atoms with Crippen molar-refractivity contribution in [3.8, 4) is 0 Å². The zero-order valence-electron chi connectivity index (χ0n) is 16.3. The Bertz CT molecular complexity index is 636. The quantitative estimate of drug-likeness (QED) is 0.710. The fourth-order valence-electron chi connectivity index (χ4n) is 3.43. The number of likely N-dealkylation sites (N-methyl/N-ethyl adjacent to an activating group) is 2. The number of nitrogens with one attached hydrogen (secondary N) is 1. The summed E-state index contributed by atoms with van der Waals surface area (Å²) < 4.78 is 5.14. The summed E-state index contributed by atoms with van der Waals surface area (Å²) in [5.41, 5.74) is 1.70. The van der Waals surface area contributed by atoms with Crippen LogP contribution < -0.4 is 5.32 Å². The molecule has 0 heterocycles. The first kappa shape index (κ1) is 20.9. The minimum Gasteiger partial charge on any atom is -0.452 e. The van der Waals surface area contributed by atoms with Crippen molar-refractivity contribution >= 4 is 17.8 Å². The van der Waals surface area contributed by atoms with Crippen molar-refractivity contribution in [2.24, 2.45) is 0 Å². The van der Waals surface area contributed by atoms with Crippen LogP contribution in [0, 0.1) is 0 Å². The maximum Gasteiger partial charge on any atom is 0.338 e. The highest BCUT2D eigenvalue weighted by atomic mass is 16.5. The van der Waals surface area contributed by atoms with Crippen LogP contribution >= 0.6 is 0 Å². The van der Waals surface area contributed by atoms with Crippen LogP contribution in [0.25, 0.3) is 0 Å². The van der Waals surface area contributed by atoms with Gasteiger partial charge in [0.2, 0.25) is 5.91 Å². The van der Waals surface area contributed by atoms with E-state index in [2.05, 4.69) is 5.32 Å². The molecule has 1 saturated carbocycles. The molecule has 0 radical (unpaired) electrons. The van der Waals surface area contributed by atoms with Crippen LogP contribution in [0.1, 0.15) is 67.8 Å². The van der Waals surface area contributed by atoms with Gasteiger partial charge in [-0.15, -0.1) is 0 Å². The van der Waals surface area contributed by atoms with Crippen LogP contribution in [0.5, 0.6) is 0 Å². The molecule has 0 spiro atoms. The molecule has 6 nitrogen and oxygen atoms in total. The number of carbonyl (C=O) groups excluding carboxylic acids is 3. The highest BCUT2D eigenvalue weighted by Crippen LogP contribution is 2.32. The van der Waals surface area contributed by atoms with Gasteiger partial charge >= 0.3 is 5.97 Å². The summed E-state index contributed by atoms with van der Waals surface area (Å²) in [6, 6.07) is 7.51. The van der Waals surface area contributed by atoms with Gasteiger partial charge in [0.05, 0.1) is 12.1 Å². The molecule has 27 heavy (non-hydrogen) atoms. The fraction of sp³-hybridized carbons (Fsp3) is 0.571. The fourth-order valence-corrected chi connectivity index (χ4v) is 3.43. The van der Waals surface area contributed by atoms with Crippen molar-refractivity contribution < 1.29 is 19.1 Å². The summed E-state index contributed by atoms with van der Waals surface area (Å²) in [5, 5.41) is 2.65. The van der Waals surface area contributed by atoms with Gasteiger partial charge in [-0.05, 0) is 50.3 Å². The normalized spacial score (nSPS) is 14.4. The minimum absolute atomic E-state index is 0.0309. The molecule has 1 aliphatic carbocycles. The third-order valence-corrected chi connectivity index (χ3v) is 4.99. The van der Waals surface area contributed by atoms with E-state index in [0.717, 1.165) is 0 Å². The molecular weight excluding hydrogens is 344 g/mol. The van der Waals surface area contributed by atoms with Gasteiger partial charge in [-0.3, -0.25) is 9.59 Å². The van der Waals surface area contributed by atoms with Crippen molar-refractivity contribution in [2.75, 3.05) is 26.2 Å². The molecule has 0 atom stereocenters. The topological polar surface area (TPSA) is 75.7 Å². The average molecular weight is 374 g/mol. The van der Waals surface area contributed by atoms with E-state index in [4.69, 9.17) is 4.74 Å². The van der Waals surface area contributed by atoms with E-state index in [1.54, 1.807) is 19.1 Å². The largest absolute Gasteiger partial charge is 0.452 e. The molecule has 0 aromatic heterocycles. The SMILES string of the molecule is CCNC(=O)CN(CC)C(=O)COC(=O)c1ccc(C2CCCCC2)cc1. The summed E-state index contributed by atoms with van der Waals surface area (Å²) >= 11 is 0. The highest BCUT2D eigenvalue weighted by molar-refractivity contribution is 5.92. The van der Waals surface area contributed by atoms with Gasteiger partial charge < -0.3 is 15.0 Å². The molecule has 1 fully saturated rings. The first-order valence-electron chi connectivity index (χ1n) is 9.86. The molecule has 0 bridgehead atoms. The van der Waals surface area contributed by atoms with Crippen LogP contribution in [0.3, 0.4) is 0 Å². The summed E-state index contributed by atoms with van der Waals surface area (Å²) in [6.07, 6.45) is 6.25. The first-order valence-corrected chi connectivity index (χ1v) is 9.86.